The van der Waals surface area contributed by atoms with Crippen molar-refractivity contribution >= 4 is 28.9 Å². The predicted octanol–water partition coefficient (Wildman–Crippen LogP) is 4.87. The molecule has 0 unspecified atom stereocenters. The smallest absolute Gasteiger partial charge is 0.243 e. The third kappa shape index (κ3) is 7.13. The van der Waals surface area contributed by atoms with Gasteiger partial charge in [0.2, 0.25) is 11.8 Å². The summed E-state index contributed by atoms with van der Waals surface area (Å²) in [6.45, 7) is 6.39. The molecule has 0 saturated heterocycles. The van der Waals surface area contributed by atoms with Gasteiger partial charge in [0.1, 0.15) is 0 Å². The highest BCUT2D eigenvalue weighted by molar-refractivity contribution is 5.95. The molecule has 0 saturated carbocycles. The van der Waals surface area contributed by atoms with E-state index in [2.05, 4.69) is 29.8 Å². The molecule has 3 N–H and O–H groups in total. The van der Waals surface area contributed by atoms with Gasteiger partial charge in [-0.25, -0.2) is 0 Å². The van der Waals surface area contributed by atoms with Crippen LogP contribution in [-0.4, -0.2) is 18.4 Å². The van der Waals surface area contributed by atoms with Gasteiger partial charge in [-0.3, -0.25) is 9.59 Å². The number of carbonyl (C=O) groups is 2. The molecule has 2 amide bonds. The molecule has 0 aliphatic rings. The standard InChI is InChI=1S/C22H29N3O2/c1-4-5-6-10-21(26)24-19-8-7-9-20(14-19)25-22(27)15-23-18-12-11-16(2)17(3)13-18/h7-9,11-14,23H,4-6,10,15H2,1-3H3,(H,24,26)(H,25,27). The molecule has 27 heavy (non-hydrogen) atoms. The SMILES string of the molecule is CCCCCC(=O)Nc1cccc(NC(=O)CNc2ccc(C)c(C)c2)c1. The first-order valence-electron chi connectivity index (χ1n) is 9.49. The number of hydrogen-bond acceptors (Lipinski definition) is 3. The van der Waals surface area contributed by atoms with Crippen LogP contribution in [0.15, 0.2) is 42.5 Å². The molecule has 2 aromatic carbocycles. The molecular weight excluding hydrogens is 338 g/mol. The predicted molar refractivity (Wildman–Crippen MR) is 112 cm³/mol. The molecule has 0 aliphatic heterocycles. The van der Waals surface area contributed by atoms with Crippen LogP contribution in [0.1, 0.15) is 43.7 Å². The molecule has 0 spiro atoms. The van der Waals surface area contributed by atoms with Crippen molar-refractivity contribution in [1.29, 1.82) is 0 Å². The van der Waals surface area contributed by atoms with Crippen molar-refractivity contribution < 1.29 is 9.59 Å². The second-order valence-corrected chi connectivity index (χ2v) is 6.79. The van der Waals surface area contributed by atoms with Gasteiger partial charge in [-0.15, -0.1) is 0 Å². The van der Waals surface area contributed by atoms with Crippen molar-refractivity contribution in [3.05, 3.63) is 53.6 Å². The van der Waals surface area contributed by atoms with Crippen molar-refractivity contribution in [2.24, 2.45) is 0 Å². The molecule has 0 fully saturated rings. The van der Waals surface area contributed by atoms with Gasteiger partial charge in [0.15, 0.2) is 0 Å². The Kier molecular flexibility index (Phi) is 7.86. The van der Waals surface area contributed by atoms with E-state index in [4.69, 9.17) is 0 Å². The van der Waals surface area contributed by atoms with Gasteiger partial charge in [-0.1, -0.05) is 31.9 Å². The van der Waals surface area contributed by atoms with Crippen molar-refractivity contribution in [3.63, 3.8) is 0 Å². The van der Waals surface area contributed by atoms with Gasteiger partial charge in [-0.2, -0.15) is 0 Å². The zero-order valence-electron chi connectivity index (χ0n) is 16.4. The number of aryl methyl sites for hydroxylation is 2. The van der Waals surface area contributed by atoms with Crippen LogP contribution < -0.4 is 16.0 Å². The number of benzene rings is 2. The topological polar surface area (TPSA) is 70.2 Å². The van der Waals surface area contributed by atoms with E-state index < -0.39 is 0 Å². The summed E-state index contributed by atoms with van der Waals surface area (Å²) >= 11 is 0. The van der Waals surface area contributed by atoms with Crippen LogP contribution in [0, 0.1) is 13.8 Å². The number of amides is 2. The minimum absolute atomic E-state index is 0.00309. The Bertz CT molecular complexity index is 787. The van der Waals surface area contributed by atoms with Crippen LogP contribution in [0.2, 0.25) is 0 Å². The van der Waals surface area contributed by atoms with Gasteiger partial charge >= 0.3 is 0 Å². The second-order valence-electron chi connectivity index (χ2n) is 6.79. The third-order valence-electron chi connectivity index (χ3n) is 4.40. The summed E-state index contributed by atoms with van der Waals surface area (Å²) < 4.78 is 0. The van der Waals surface area contributed by atoms with E-state index in [9.17, 15) is 9.59 Å². The van der Waals surface area contributed by atoms with Crippen LogP contribution >= 0.6 is 0 Å². The van der Waals surface area contributed by atoms with Crippen molar-refractivity contribution in [3.8, 4) is 0 Å². The first kappa shape index (κ1) is 20.5. The number of rotatable bonds is 9. The maximum absolute atomic E-state index is 12.2. The molecule has 0 bridgehead atoms. The summed E-state index contributed by atoms with van der Waals surface area (Å²) in [7, 11) is 0. The lowest BCUT2D eigenvalue weighted by Crippen LogP contribution is -2.22. The van der Waals surface area contributed by atoms with Crippen LogP contribution in [0.25, 0.3) is 0 Å². The maximum Gasteiger partial charge on any atom is 0.243 e. The molecule has 5 heteroatoms. The lowest BCUT2D eigenvalue weighted by molar-refractivity contribution is -0.116. The molecule has 2 rings (SSSR count). The fraction of sp³-hybridized carbons (Fsp3) is 0.364. The Hall–Kier alpha value is -2.82. The van der Waals surface area contributed by atoms with Crippen molar-refractivity contribution in [2.45, 2.75) is 46.5 Å². The van der Waals surface area contributed by atoms with Gasteiger partial charge < -0.3 is 16.0 Å². The van der Waals surface area contributed by atoms with Crippen molar-refractivity contribution in [2.75, 3.05) is 22.5 Å². The number of nitrogens with one attached hydrogen (secondary N) is 3. The maximum atomic E-state index is 12.2. The van der Waals surface area contributed by atoms with E-state index in [1.807, 2.05) is 37.3 Å². The van der Waals surface area contributed by atoms with E-state index in [-0.39, 0.29) is 18.4 Å². The largest absolute Gasteiger partial charge is 0.376 e. The highest BCUT2D eigenvalue weighted by Crippen LogP contribution is 2.17. The monoisotopic (exact) mass is 367 g/mol. The highest BCUT2D eigenvalue weighted by atomic mass is 16.2. The summed E-state index contributed by atoms with van der Waals surface area (Å²) in [6.07, 6.45) is 3.55. The fourth-order valence-corrected chi connectivity index (χ4v) is 2.67. The van der Waals surface area contributed by atoms with E-state index >= 15 is 0 Å². The molecule has 0 aromatic heterocycles. The van der Waals surface area contributed by atoms with Crippen LogP contribution in [-0.2, 0) is 9.59 Å². The Morgan fingerprint density at radius 1 is 0.815 bits per heavy atom. The number of anilines is 3. The first-order chi connectivity index (χ1) is 13.0. The molecule has 0 aliphatic carbocycles. The summed E-state index contributed by atoms with van der Waals surface area (Å²) in [5.74, 6) is -0.136. The van der Waals surface area contributed by atoms with Crippen molar-refractivity contribution in [1.82, 2.24) is 0 Å². The Labute approximate surface area is 161 Å². The molecule has 144 valence electrons. The van der Waals surface area contributed by atoms with Crippen LogP contribution in [0.3, 0.4) is 0 Å². The molecule has 0 heterocycles. The van der Waals surface area contributed by atoms with E-state index in [1.54, 1.807) is 12.1 Å². The number of unbranched alkanes of at least 4 members (excludes halogenated alkanes) is 2. The quantitative estimate of drug-likeness (QED) is 0.554. The molecule has 0 radical (unpaired) electrons. The lowest BCUT2D eigenvalue weighted by atomic mass is 10.1. The third-order valence-corrected chi connectivity index (χ3v) is 4.40. The fourth-order valence-electron chi connectivity index (χ4n) is 2.67. The minimum atomic E-state index is -0.139. The summed E-state index contributed by atoms with van der Waals surface area (Å²) in [5, 5.41) is 8.86. The first-order valence-corrected chi connectivity index (χ1v) is 9.49. The highest BCUT2D eigenvalue weighted by Gasteiger charge is 2.06. The lowest BCUT2D eigenvalue weighted by Gasteiger charge is -2.11. The van der Waals surface area contributed by atoms with Gasteiger partial charge in [0.25, 0.3) is 0 Å². The van der Waals surface area contributed by atoms with Crippen LogP contribution in [0.4, 0.5) is 17.1 Å². The summed E-state index contributed by atoms with van der Waals surface area (Å²) in [6, 6.07) is 13.2. The number of hydrogen-bond donors (Lipinski definition) is 3. The summed E-state index contributed by atoms with van der Waals surface area (Å²) in [5.41, 5.74) is 4.67. The van der Waals surface area contributed by atoms with Gasteiger partial charge in [0, 0.05) is 23.5 Å². The molecule has 2 aromatic rings. The van der Waals surface area contributed by atoms with E-state index in [0.29, 0.717) is 17.8 Å². The zero-order valence-corrected chi connectivity index (χ0v) is 16.4. The Morgan fingerprint density at radius 2 is 1.52 bits per heavy atom. The normalized spacial score (nSPS) is 10.3. The second kappa shape index (κ2) is 10.4. The average molecular weight is 367 g/mol. The van der Waals surface area contributed by atoms with Gasteiger partial charge in [0.05, 0.1) is 6.54 Å². The molecular formula is C22H29N3O2. The molecule has 0 atom stereocenters. The zero-order chi connectivity index (χ0) is 19.6. The minimum Gasteiger partial charge on any atom is -0.376 e. The Balaban J connectivity index is 1.84. The Morgan fingerprint density at radius 3 is 2.19 bits per heavy atom. The molecule has 5 nitrogen and oxygen atoms in total. The van der Waals surface area contributed by atoms with E-state index in [0.717, 1.165) is 24.9 Å². The average Bonchev–Trinajstić information content (AvgIpc) is 2.63. The van der Waals surface area contributed by atoms with Crippen LogP contribution in [0.5, 0.6) is 0 Å². The number of carbonyl (C=O) groups excluding carboxylic acids is 2. The van der Waals surface area contributed by atoms with E-state index in [1.165, 1.54) is 11.1 Å². The summed E-state index contributed by atoms with van der Waals surface area (Å²) in [4.78, 5) is 24.1. The van der Waals surface area contributed by atoms with Gasteiger partial charge in [-0.05, 0) is 61.7 Å².